The summed E-state index contributed by atoms with van der Waals surface area (Å²) in [6.45, 7) is 8.98. The van der Waals surface area contributed by atoms with E-state index >= 15 is 0 Å². The molecule has 208 valence electrons. The zero-order valence-electron chi connectivity index (χ0n) is 24.0. The van der Waals surface area contributed by atoms with Gasteiger partial charge in [0, 0.05) is 42.6 Å². The van der Waals surface area contributed by atoms with Crippen LogP contribution in [0.2, 0.25) is 0 Å². The van der Waals surface area contributed by atoms with Gasteiger partial charge in [0.25, 0.3) is 0 Å². The molecule has 1 aromatic carbocycles. The maximum absolute atomic E-state index is 14.1. The van der Waals surface area contributed by atoms with Crippen LogP contribution < -0.4 is 0 Å². The first kappa shape index (κ1) is 27.4. The normalized spacial score (nSPS) is 20.6. The summed E-state index contributed by atoms with van der Waals surface area (Å²) in [7, 11) is 0. The number of nitrogens with zero attached hydrogens (tertiary/aromatic N) is 3. The lowest BCUT2D eigenvalue weighted by molar-refractivity contribution is -0.131. The number of rotatable bonds is 7. The summed E-state index contributed by atoms with van der Waals surface area (Å²) in [5.41, 5.74) is 2.93. The zero-order chi connectivity index (χ0) is 27.6. The van der Waals surface area contributed by atoms with Gasteiger partial charge in [-0.05, 0) is 94.2 Å². The van der Waals surface area contributed by atoms with Crippen LogP contribution in [0.15, 0.2) is 48.9 Å². The van der Waals surface area contributed by atoms with Gasteiger partial charge in [-0.1, -0.05) is 44.2 Å². The smallest absolute Gasteiger partial charge is 0.417 e. The average Bonchev–Trinajstić information content (AvgIpc) is 3.41. The number of ether oxygens (including phenoxy) is 1. The minimum Gasteiger partial charge on any atom is -0.443 e. The molecule has 5 rings (SSSR count). The zero-order valence-corrected chi connectivity index (χ0v) is 24.0. The number of likely N-dealkylation sites (tertiary alicyclic amines) is 1. The van der Waals surface area contributed by atoms with E-state index in [0.717, 1.165) is 23.6 Å². The van der Waals surface area contributed by atoms with Crippen molar-refractivity contribution in [1.82, 2.24) is 14.5 Å². The second kappa shape index (κ2) is 11.1. The fourth-order valence-corrected chi connectivity index (χ4v) is 6.63. The molecular formula is C33H43N3O3. The predicted molar refractivity (Wildman–Crippen MR) is 155 cm³/mol. The van der Waals surface area contributed by atoms with E-state index in [1.54, 1.807) is 12.4 Å². The Morgan fingerprint density at radius 1 is 1.10 bits per heavy atom. The molecule has 1 atom stereocenters. The maximum Gasteiger partial charge on any atom is 0.417 e. The summed E-state index contributed by atoms with van der Waals surface area (Å²) in [6, 6.07) is 10.4. The third-order valence-corrected chi connectivity index (χ3v) is 8.66. The molecule has 2 amide bonds. The number of aromatic nitrogens is 2. The molecular weight excluding hydrogens is 486 g/mol. The van der Waals surface area contributed by atoms with Gasteiger partial charge in [-0.2, -0.15) is 0 Å². The second-order valence-electron chi connectivity index (χ2n) is 12.7. The molecule has 1 saturated carbocycles. The summed E-state index contributed by atoms with van der Waals surface area (Å²) in [5, 5.41) is 1.23. The quantitative estimate of drug-likeness (QED) is 0.321. The SMILES string of the molecule is Cc1cn(CCCC2CCCCC2)c2cc(C3(Cc4ccncc4)CCN(C(=O)OC(C)(C)C)C3=O)ccc12. The molecule has 0 radical (unpaired) electrons. The first-order chi connectivity index (χ1) is 18.7. The Hall–Kier alpha value is -3.15. The lowest BCUT2D eigenvalue weighted by Crippen LogP contribution is -2.44. The van der Waals surface area contributed by atoms with Gasteiger partial charge < -0.3 is 9.30 Å². The molecule has 3 heterocycles. The number of imide groups is 1. The van der Waals surface area contributed by atoms with Gasteiger partial charge in [0.15, 0.2) is 0 Å². The van der Waals surface area contributed by atoms with Gasteiger partial charge in [-0.15, -0.1) is 0 Å². The highest BCUT2D eigenvalue weighted by atomic mass is 16.6. The topological polar surface area (TPSA) is 64.4 Å². The number of hydrogen-bond donors (Lipinski definition) is 0. The second-order valence-corrected chi connectivity index (χ2v) is 12.7. The van der Waals surface area contributed by atoms with Crippen molar-refractivity contribution in [1.29, 1.82) is 0 Å². The molecule has 2 fully saturated rings. The number of aryl methyl sites for hydroxylation is 2. The molecule has 0 spiro atoms. The van der Waals surface area contributed by atoms with Crippen LogP contribution in [-0.2, 0) is 27.9 Å². The predicted octanol–water partition coefficient (Wildman–Crippen LogP) is 7.35. The number of fused-ring (bicyclic) bond motifs is 1. The van der Waals surface area contributed by atoms with Crippen LogP contribution in [0, 0.1) is 12.8 Å². The van der Waals surface area contributed by atoms with Crippen molar-refractivity contribution in [2.45, 2.75) is 103 Å². The van der Waals surface area contributed by atoms with Crippen LogP contribution >= 0.6 is 0 Å². The Morgan fingerprint density at radius 2 is 1.85 bits per heavy atom. The van der Waals surface area contributed by atoms with Gasteiger partial charge in [-0.25, -0.2) is 9.69 Å². The van der Waals surface area contributed by atoms with Gasteiger partial charge in [0.1, 0.15) is 5.60 Å². The van der Waals surface area contributed by atoms with Crippen molar-refractivity contribution in [2.75, 3.05) is 6.54 Å². The standard InChI is InChI=1S/C33H43N3O3/c1-24-23-35(19-8-11-25-9-6-5-7-10-25)29-21-27(12-13-28(24)29)33(22-26-14-17-34-18-15-26)16-20-36(30(33)37)31(38)39-32(2,3)4/h12-15,17-18,21,23,25H,5-11,16,19-20,22H2,1-4H3. The lowest BCUT2D eigenvalue weighted by Gasteiger charge is -2.29. The highest BCUT2D eigenvalue weighted by molar-refractivity contribution is 6.01. The summed E-state index contributed by atoms with van der Waals surface area (Å²) in [6.07, 6.45) is 15.7. The van der Waals surface area contributed by atoms with E-state index in [1.807, 2.05) is 32.9 Å². The Labute approximate surface area is 232 Å². The van der Waals surface area contributed by atoms with Crippen molar-refractivity contribution < 1.29 is 14.3 Å². The molecule has 6 nitrogen and oxygen atoms in total. The third kappa shape index (κ3) is 5.90. The summed E-state index contributed by atoms with van der Waals surface area (Å²) >= 11 is 0. The van der Waals surface area contributed by atoms with E-state index in [-0.39, 0.29) is 5.91 Å². The van der Waals surface area contributed by atoms with Crippen LogP contribution in [-0.4, -0.2) is 38.6 Å². The Balaban J connectivity index is 1.47. The first-order valence-corrected chi connectivity index (χ1v) is 14.7. The van der Waals surface area contributed by atoms with Crippen molar-refractivity contribution in [2.24, 2.45) is 5.92 Å². The molecule has 2 aromatic heterocycles. The molecule has 1 saturated heterocycles. The van der Waals surface area contributed by atoms with Crippen molar-refractivity contribution >= 4 is 22.9 Å². The number of pyridine rings is 1. The molecule has 1 aliphatic carbocycles. The van der Waals surface area contributed by atoms with Crippen LogP contribution in [0.3, 0.4) is 0 Å². The third-order valence-electron chi connectivity index (χ3n) is 8.66. The van der Waals surface area contributed by atoms with E-state index in [1.165, 1.54) is 66.3 Å². The summed E-state index contributed by atoms with van der Waals surface area (Å²) in [4.78, 5) is 32.6. The van der Waals surface area contributed by atoms with Gasteiger partial charge in [0.2, 0.25) is 5.91 Å². The molecule has 3 aromatic rings. The van der Waals surface area contributed by atoms with Crippen molar-refractivity contribution in [3.8, 4) is 0 Å². The Bertz CT molecular complexity index is 1320. The number of benzene rings is 1. The van der Waals surface area contributed by atoms with E-state index in [0.29, 0.717) is 19.4 Å². The van der Waals surface area contributed by atoms with Crippen LogP contribution in [0.1, 0.15) is 88.8 Å². The summed E-state index contributed by atoms with van der Waals surface area (Å²) < 4.78 is 7.99. The minimum absolute atomic E-state index is 0.181. The lowest BCUT2D eigenvalue weighted by atomic mass is 9.74. The van der Waals surface area contributed by atoms with Gasteiger partial charge >= 0.3 is 6.09 Å². The fourth-order valence-electron chi connectivity index (χ4n) is 6.63. The maximum atomic E-state index is 14.1. The average molecular weight is 530 g/mol. The molecule has 0 N–H and O–H groups in total. The minimum atomic E-state index is -0.836. The largest absolute Gasteiger partial charge is 0.443 e. The molecule has 0 bridgehead atoms. The van der Waals surface area contributed by atoms with E-state index in [2.05, 4.69) is 40.9 Å². The highest BCUT2D eigenvalue weighted by Crippen LogP contribution is 2.41. The highest BCUT2D eigenvalue weighted by Gasteiger charge is 2.51. The molecule has 2 aliphatic rings. The number of carbonyl (C=O) groups excluding carboxylic acids is 2. The van der Waals surface area contributed by atoms with Gasteiger partial charge in [0.05, 0.1) is 5.41 Å². The van der Waals surface area contributed by atoms with Crippen LogP contribution in [0.5, 0.6) is 0 Å². The number of amides is 2. The molecule has 39 heavy (non-hydrogen) atoms. The number of hydrogen-bond acceptors (Lipinski definition) is 4. The molecule has 6 heteroatoms. The monoisotopic (exact) mass is 529 g/mol. The van der Waals surface area contributed by atoms with E-state index in [9.17, 15) is 9.59 Å². The number of carbonyl (C=O) groups is 2. The van der Waals surface area contributed by atoms with Crippen molar-refractivity contribution in [3.63, 3.8) is 0 Å². The first-order valence-electron chi connectivity index (χ1n) is 14.7. The van der Waals surface area contributed by atoms with Crippen LogP contribution in [0.4, 0.5) is 4.79 Å². The summed E-state index contributed by atoms with van der Waals surface area (Å²) in [5.74, 6) is 0.691. The molecule has 1 unspecified atom stereocenters. The Morgan fingerprint density at radius 3 is 2.56 bits per heavy atom. The fraction of sp³-hybridized carbons (Fsp3) is 0.545. The van der Waals surface area contributed by atoms with E-state index in [4.69, 9.17) is 4.74 Å². The molecule has 1 aliphatic heterocycles. The van der Waals surface area contributed by atoms with E-state index < -0.39 is 17.1 Å². The van der Waals surface area contributed by atoms with Gasteiger partial charge in [-0.3, -0.25) is 9.78 Å². The Kier molecular flexibility index (Phi) is 7.84. The van der Waals surface area contributed by atoms with Crippen molar-refractivity contribution in [3.05, 3.63) is 65.6 Å². The van der Waals surface area contributed by atoms with Crippen LogP contribution in [0.25, 0.3) is 10.9 Å².